The van der Waals surface area contributed by atoms with Crippen molar-refractivity contribution >= 4 is 28.6 Å². The van der Waals surface area contributed by atoms with Crippen molar-refractivity contribution in [1.82, 2.24) is 10.2 Å². The monoisotopic (exact) mass is 306 g/mol. The van der Waals surface area contributed by atoms with Crippen molar-refractivity contribution in [3.63, 3.8) is 0 Å². The lowest BCUT2D eigenvalue weighted by molar-refractivity contribution is 0.0514. The fraction of sp³-hybridized carbons (Fsp3) is 0.400. The third-order valence-corrected chi connectivity index (χ3v) is 4.49. The molecule has 0 amide bonds. The Balaban J connectivity index is 2.54. The Morgan fingerprint density at radius 2 is 2.05 bits per heavy atom. The SMILES string of the molecule is CCOC(=O)c1nnc2ccccc2c1SC(C)C(C)O. The van der Waals surface area contributed by atoms with Crippen LogP contribution in [0.2, 0.25) is 0 Å². The van der Waals surface area contributed by atoms with Crippen LogP contribution in [0, 0.1) is 0 Å². The van der Waals surface area contributed by atoms with Gasteiger partial charge in [0.1, 0.15) is 0 Å². The summed E-state index contributed by atoms with van der Waals surface area (Å²) < 4.78 is 5.04. The third kappa shape index (κ3) is 3.51. The number of benzene rings is 1. The van der Waals surface area contributed by atoms with Crippen molar-refractivity contribution in [2.45, 2.75) is 37.0 Å². The van der Waals surface area contributed by atoms with Crippen molar-refractivity contribution in [3.05, 3.63) is 30.0 Å². The van der Waals surface area contributed by atoms with Gasteiger partial charge in [0.05, 0.1) is 23.1 Å². The van der Waals surface area contributed by atoms with Gasteiger partial charge in [0, 0.05) is 10.6 Å². The van der Waals surface area contributed by atoms with Gasteiger partial charge < -0.3 is 9.84 Å². The Kier molecular flexibility index (Phi) is 5.14. The van der Waals surface area contributed by atoms with Gasteiger partial charge >= 0.3 is 5.97 Å². The molecular weight excluding hydrogens is 288 g/mol. The Hall–Kier alpha value is -1.66. The molecule has 5 nitrogen and oxygen atoms in total. The maximum absolute atomic E-state index is 12.1. The van der Waals surface area contributed by atoms with Crippen LogP contribution in [0.25, 0.3) is 10.9 Å². The predicted octanol–water partition coefficient (Wildman–Crippen LogP) is 2.67. The summed E-state index contributed by atoms with van der Waals surface area (Å²) in [7, 11) is 0. The van der Waals surface area contributed by atoms with Crippen LogP contribution in [-0.2, 0) is 4.74 Å². The highest BCUT2D eigenvalue weighted by molar-refractivity contribution is 8.00. The fourth-order valence-corrected chi connectivity index (χ4v) is 2.87. The van der Waals surface area contributed by atoms with E-state index in [1.165, 1.54) is 11.8 Å². The van der Waals surface area contributed by atoms with E-state index >= 15 is 0 Å². The molecule has 0 bridgehead atoms. The number of rotatable bonds is 5. The van der Waals surface area contributed by atoms with Crippen molar-refractivity contribution in [1.29, 1.82) is 0 Å². The maximum atomic E-state index is 12.1. The number of carbonyl (C=O) groups is 1. The van der Waals surface area contributed by atoms with Crippen molar-refractivity contribution in [3.8, 4) is 0 Å². The number of aliphatic hydroxyl groups excluding tert-OH is 1. The van der Waals surface area contributed by atoms with E-state index in [1.807, 2.05) is 31.2 Å². The van der Waals surface area contributed by atoms with E-state index in [9.17, 15) is 9.90 Å². The van der Waals surface area contributed by atoms with E-state index < -0.39 is 12.1 Å². The topological polar surface area (TPSA) is 72.3 Å². The Bertz CT molecular complexity index is 646. The Morgan fingerprint density at radius 1 is 1.33 bits per heavy atom. The quantitative estimate of drug-likeness (QED) is 0.676. The molecule has 2 rings (SSSR count). The van der Waals surface area contributed by atoms with E-state index in [4.69, 9.17) is 4.74 Å². The van der Waals surface area contributed by atoms with Crippen molar-refractivity contribution in [2.75, 3.05) is 6.61 Å². The van der Waals surface area contributed by atoms with Gasteiger partial charge in [0.15, 0.2) is 5.69 Å². The summed E-state index contributed by atoms with van der Waals surface area (Å²) in [4.78, 5) is 12.8. The number of aliphatic hydroxyl groups is 1. The molecule has 2 aromatic rings. The van der Waals surface area contributed by atoms with Crippen molar-refractivity contribution < 1.29 is 14.6 Å². The molecule has 0 saturated carbocycles. The average molecular weight is 306 g/mol. The second-order valence-corrected chi connectivity index (χ2v) is 6.07. The lowest BCUT2D eigenvalue weighted by atomic mass is 10.2. The first kappa shape index (κ1) is 15.7. The van der Waals surface area contributed by atoms with Gasteiger partial charge in [-0.3, -0.25) is 0 Å². The minimum Gasteiger partial charge on any atom is -0.461 e. The molecular formula is C15H18N2O3S. The lowest BCUT2D eigenvalue weighted by Crippen LogP contribution is -2.17. The minimum absolute atomic E-state index is 0.0780. The second-order valence-electron chi connectivity index (χ2n) is 4.68. The van der Waals surface area contributed by atoms with E-state index in [2.05, 4.69) is 10.2 Å². The second kappa shape index (κ2) is 6.87. The Labute approximate surface area is 127 Å². The highest BCUT2D eigenvalue weighted by atomic mass is 32.2. The zero-order valence-corrected chi connectivity index (χ0v) is 13.1. The molecule has 0 saturated heterocycles. The van der Waals surface area contributed by atoms with Gasteiger partial charge in [-0.25, -0.2) is 4.79 Å². The molecule has 21 heavy (non-hydrogen) atoms. The smallest absolute Gasteiger partial charge is 0.360 e. The van der Waals surface area contributed by atoms with Crippen LogP contribution in [0.1, 0.15) is 31.3 Å². The number of aromatic nitrogens is 2. The molecule has 0 spiro atoms. The molecule has 2 unspecified atom stereocenters. The summed E-state index contributed by atoms with van der Waals surface area (Å²) in [6.07, 6.45) is -0.503. The molecule has 0 aliphatic carbocycles. The number of esters is 1. The van der Waals surface area contributed by atoms with E-state index in [0.29, 0.717) is 10.4 Å². The van der Waals surface area contributed by atoms with Gasteiger partial charge in [-0.2, -0.15) is 0 Å². The summed E-state index contributed by atoms with van der Waals surface area (Å²) in [5.41, 5.74) is 0.916. The summed E-state index contributed by atoms with van der Waals surface area (Å²) in [5.74, 6) is -0.490. The van der Waals surface area contributed by atoms with Crippen LogP contribution in [0.5, 0.6) is 0 Å². The molecule has 0 fully saturated rings. The van der Waals surface area contributed by atoms with E-state index in [-0.39, 0.29) is 17.6 Å². The predicted molar refractivity (Wildman–Crippen MR) is 82.5 cm³/mol. The number of ether oxygens (including phenoxy) is 1. The number of nitrogens with zero attached hydrogens (tertiary/aromatic N) is 2. The first-order chi connectivity index (χ1) is 10.0. The number of hydrogen-bond donors (Lipinski definition) is 1. The van der Waals surface area contributed by atoms with Gasteiger partial charge in [-0.1, -0.05) is 25.1 Å². The first-order valence-corrected chi connectivity index (χ1v) is 7.69. The van der Waals surface area contributed by atoms with Crippen molar-refractivity contribution in [2.24, 2.45) is 0 Å². The van der Waals surface area contributed by atoms with Gasteiger partial charge in [-0.05, 0) is 19.9 Å². The standard InChI is InChI=1S/C15H18N2O3S/c1-4-20-15(19)13-14(21-10(3)9(2)18)11-7-5-6-8-12(11)16-17-13/h5-10,18H,4H2,1-3H3. The average Bonchev–Trinajstić information content (AvgIpc) is 2.47. The first-order valence-electron chi connectivity index (χ1n) is 6.81. The molecule has 0 aliphatic heterocycles. The third-order valence-electron chi connectivity index (χ3n) is 3.07. The van der Waals surface area contributed by atoms with Gasteiger partial charge in [0.25, 0.3) is 0 Å². The fourth-order valence-electron chi connectivity index (χ4n) is 1.77. The number of fused-ring (bicyclic) bond motifs is 1. The molecule has 1 N–H and O–H groups in total. The summed E-state index contributed by atoms with van der Waals surface area (Å²) in [6, 6.07) is 7.49. The molecule has 1 heterocycles. The zero-order valence-electron chi connectivity index (χ0n) is 12.2. The van der Waals surface area contributed by atoms with Crippen LogP contribution in [-0.4, -0.2) is 39.2 Å². The molecule has 112 valence electrons. The molecule has 1 aromatic heterocycles. The maximum Gasteiger partial charge on any atom is 0.360 e. The Morgan fingerprint density at radius 3 is 2.71 bits per heavy atom. The minimum atomic E-state index is -0.503. The molecule has 0 radical (unpaired) electrons. The van der Waals surface area contributed by atoms with Crippen LogP contribution in [0.4, 0.5) is 0 Å². The summed E-state index contributed by atoms with van der Waals surface area (Å²) in [5, 5.41) is 18.6. The highest BCUT2D eigenvalue weighted by Gasteiger charge is 2.22. The zero-order chi connectivity index (χ0) is 15.4. The summed E-state index contributed by atoms with van der Waals surface area (Å²) >= 11 is 1.41. The van der Waals surface area contributed by atoms with Gasteiger partial charge in [0.2, 0.25) is 0 Å². The lowest BCUT2D eigenvalue weighted by Gasteiger charge is -2.16. The van der Waals surface area contributed by atoms with E-state index in [0.717, 1.165) is 5.39 Å². The molecule has 2 atom stereocenters. The number of thioether (sulfide) groups is 1. The van der Waals surface area contributed by atoms with Crippen LogP contribution in [0.15, 0.2) is 29.2 Å². The number of hydrogen-bond acceptors (Lipinski definition) is 6. The van der Waals surface area contributed by atoms with Gasteiger partial charge in [-0.15, -0.1) is 22.0 Å². The molecule has 0 aliphatic rings. The molecule has 1 aromatic carbocycles. The van der Waals surface area contributed by atoms with Crippen LogP contribution >= 0.6 is 11.8 Å². The van der Waals surface area contributed by atoms with Crippen LogP contribution < -0.4 is 0 Å². The summed E-state index contributed by atoms with van der Waals surface area (Å²) in [6.45, 7) is 5.65. The molecule has 6 heteroatoms. The normalized spacial score (nSPS) is 13.9. The van der Waals surface area contributed by atoms with E-state index in [1.54, 1.807) is 13.8 Å². The number of carbonyl (C=O) groups excluding carboxylic acids is 1. The van der Waals surface area contributed by atoms with Crippen LogP contribution in [0.3, 0.4) is 0 Å². The largest absolute Gasteiger partial charge is 0.461 e. The highest BCUT2D eigenvalue weighted by Crippen LogP contribution is 2.33.